The molecule has 3 N–H and O–H groups in total. The topological polar surface area (TPSA) is 55.1 Å². The highest BCUT2D eigenvalue weighted by atomic mass is 16.1. The molecule has 0 radical (unpaired) electrons. The summed E-state index contributed by atoms with van der Waals surface area (Å²) in [5.74, 6) is 0.403. The van der Waals surface area contributed by atoms with Gasteiger partial charge in [-0.15, -0.1) is 0 Å². The lowest BCUT2D eigenvalue weighted by molar-refractivity contribution is -0.119. The van der Waals surface area contributed by atoms with E-state index in [0.29, 0.717) is 12.5 Å². The fourth-order valence-corrected chi connectivity index (χ4v) is 1.75. The average molecular weight is 234 g/mol. The van der Waals surface area contributed by atoms with Crippen molar-refractivity contribution in [1.82, 2.24) is 0 Å². The number of carbonyl (C=O) groups excluding carboxylic acids is 1. The molecule has 1 atom stereocenters. The Morgan fingerprint density at radius 3 is 2.53 bits per heavy atom. The molecule has 0 bridgehead atoms. The molecule has 0 saturated heterocycles. The predicted molar refractivity (Wildman–Crippen MR) is 72.0 cm³/mol. The molecular formula is C14H22N2O. The Morgan fingerprint density at radius 2 is 1.94 bits per heavy atom. The Kier molecular flexibility index (Phi) is 5.16. The van der Waals surface area contributed by atoms with Crippen LogP contribution in [0, 0.1) is 5.92 Å². The van der Waals surface area contributed by atoms with E-state index in [2.05, 4.69) is 19.2 Å². The van der Waals surface area contributed by atoms with E-state index in [1.807, 2.05) is 31.2 Å². The van der Waals surface area contributed by atoms with Crippen molar-refractivity contribution in [2.24, 2.45) is 11.7 Å². The van der Waals surface area contributed by atoms with Gasteiger partial charge in [-0.25, -0.2) is 0 Å². The van der Waals surface area contributed by atoms with Crippen LogP contribution in [0.15, 0.2) is 24.3 Å². The van der Waals surface area contributed by atoms with Gasteiger partial charge in [-0.1, -0.05) is 39.0 Å². The molecule has 0 saturated carbocycles. The van der Waals surface area contributed by atoms with Crippen molar-refractivity contribution in [3.63, 3.8) is 0 Å². The number of nitrogens with two attached hydrogens (primary N) is 1. The average Bonchev–Trinajstić information content (AvgIpc) is 2.29. The Labute approximate surface area is 103 Å². The molecule has 1 aromatic carbocycles. The first-order valence-corrected chi connectivity index (χ1v) is 6.16. The molecule has 0 spiro atoms. The van der Waals surface area contributed by atoms with Crippen molar-refractivity contribution < 1.29 is 4.79 Å². The van der Waals surface area contributed by atoms with Gasteiger partial charge >= 0.3 is 0 Å². The summed E-state index contributed by atoms with van der Waals surface area (Å²) in [5, 5.41) is 2.98. The van der Waals surface area contributed by atoms with Crippen LogP contribution in [0.25, 0.3) is 0 Å². The largest absolute Gasteiger partial charge is 0.330 e. The van der Waals surface area contributed by atoms with E-state index in [9.17, 15) is 4.79 Å². The molecule has 1 rings (SSSR count). The number of rotatable bonds is 5. The van der Waals surface area contributed by atoms with Crippen molar-refractivity contribution in [2.75, 3.05) is 11.9 Å². The van der Waals surface area contributed by atoms with Crippen molar-refractivity contribution in [3.05, 3.63) is 29.8 Å². The van der Waals surface area contributed by atoms with Crippen LogP contribution in [0.1, 0.15) is 38.7 Å². The van der Waals surface area contributed by atoms with E-state index >= 15 is 0 Å². The van der Waals surface area contributed by atoms with Gasteiger partial charge in [-0.3, -0.25) is 4.79 Å². The van der Waals surface area contributed by atoms with Gasteiger partial charge in [0.15, 0.2) is 0 Å². The van der Waals surface area contributed by atoms with Crippen LogP contribution in [0.2, 0.25) is 0 Å². The van der Waals surface area contributed by atoms with Gasteiger partial charge in [0.05, 0.1) is 0 Å². The van der Waals surface area contributed by atoms with Gasteiger partial charge in [0, 0.05) is 11.6 Å². The van der Waals surface area contributed by atoms with Crippen LogP contribution in [0.4, 0.5) is 5.69 Å². The lowest BCUT2D eigenvalue weighted by Gasteiger charge is -2.16. The maximum atomic E-state index is 11.9. The maximum absolute atomic E-state index is 11.9. The minimum absolute atomic E-state index is 0.0415. The van der Waals surface area contributed by atoms with Gasteiger partial charge in [0.2, 0.25) is 5.91 Å². The van der Waals surface area contributed by atoms with Crippen molar-refractivity contribution in [2.45, 2.75) is 33.1 Å². The van der Waals surface area contributed by atoms with Crippen LogP contribution in [0.5, 0.6) is 0 Å². The Morgan fingerprint density at radius 1 is 1.29 bits per heavy atom. The summed E-state index contributed by atoms with van der Waals surface area (Å²) in [7, 11) is 0. The Bertz CT molecular complexity index is 374. The monoisotopic (exact) mass is 234 g/mol. The molecule has 17 heavy (non-hydrogen) atoms. The van der Waals surface area contributed by atoms with Crippen LogP contribution in [-0.2, 0) is 4.79 Å². The van der Waals surface area contributed by atoms with E-state index < -0.39 is 0 Å². The van der Waals surface area contributed by atoms with Gasteiger partial charge in [0.1, 0.15) is 0 Å². The summed E-state index contributed by atoms with van der Waals surface area (Å²) in [5.41, 5.74) is 7.54. The number of para-hydroxylation sites is 1. The van der Waals surface area contributed by atoms with Crippen LogP contribution in [-0.4, -0.2) is 12.5 Å². The highest BCUT2D eigenvalue weighted by Gasteiger charge is 2.14. The van der Waals surface area contributed by atoms with Crippen LogP contribution >= 0.6 is 0 Å². The fourth-order valence-electron chi connectivity index (χ4n) is 1.75. The number of carbonyl (C=O) groups is 1. The zero-order valence-electron chi connectivity index (χ0n) is 10.9. The molecule has 0 fully saturated rings. The highest BCUT2D eigenvalue weighted by Crippen LogP contribution is 2.24. The third-order valence-electron chi connectivity index (χ3n) is 2.89. The Hall–Kier alpha value is -1.35. The molecule has 3 nitrogen and oxygen atoms in total. The number of anilines is 1. The lowest BCUT2D eigenvalue weighted by Crippen LogP contribution is -2.23. The minimum Gasteiger partial charge on any atom is -0.330 e. The number of benzene rings is 1. The first kappa shape index (κ1) is 13.7. The van der Waals surface area contributed by atoms with E-state index in [-0.39, 0.29) is 11.8 Å². The van der Waals surface area contributed by atoms with Gasteiger partial charge in [0.25, 0.3) is 0 Å². The quantitative estimate of drug-likeness (QED) is 0.823. The molecule has 3 heteroatoms. The third-order valence-corrected chi connectivity index (χ3v) is 2.89. The summed E-state index contributed by atoms with van der Waals surface area (Å²) >= 11 is 0. The molecule has 0 aliphatic rings. The molecule has 1 aromatic rings. The molecule has 0 heterocycles. The zero-order chi connectivity index (χ0) is 12.8. The molecule has 0 aromatic heterocycles. The summed E-state index contributed by atoms with van der Waals surface area (Å²) < 4.78 is 0. The summed E-state index contributed by atoms with van der Waals surface area (Å²) in [6.07, 6.45) is 0.718. The van der Waals surface area contributed by atoms with Crippen molar-refractivity contribution in [3.8, 4) is 0 Å². The van der Waals surface area contributed by atoms with Gasteiger partial charge in [-0.05, 0) is 30.5 Å². The first-order chi connectivity index (χ1) is 8.06. The van der Waals surface area contributed by atoms with E-state index in [1.54, 1.807) is 0 Å². The number of hydrogen-bond acceptors (Lipinski definition) is 2. The molecule has 1 amide bonds. The molecular weight excluding hydrogens is 212 g/mol. The number of nitrogens with one attached hydrogen (secondary N) is 1. The predicted octanol–water partition coefficient (Wildman–Crippen LogP) is 2.73. The van der Waals surface area contributed by atoms with Crippen molar-refractivity contribution >= 4 is 11.6 Å². The van der Waals surface area contributed by atoms with Gasteiger partial charge in [-0.2, -0.15) is 0 Å². The second-order valence-corrected chi connectivity index (χ2v) is 4.71. The number of hydrogen-bond donors (Lipinski definition) is 2. The molecule has 1 unspecified atom stereocenters. The zero-order valence-corrected chi connectivity index (χ0v) is 10.9. The molecule has 94 valence electrons. The Balaban J connectivity index is 2.77. The van der Waals surface area contributed by atoms with Gasteiger partial charge < -0.3 is 11.1 Å². The summed E-state index contributed by atoms with van der Waals surface area (Å²) in [6.45, 7) is 6.68. The van der Waals surface area contributed by atoms with E-state index in [1.165, 1.54) is 5.56 Å². The van der Waals surface area contributed by atoms with Crippen LogP contribution in [0.3, 0.4) is 0 Å². The fraction of sp³-hybridized carbons (Fsp3) is 0.500. The maximum Gasteiger partial charge on any atom is 0.227 e. The van der Waals surface area contributed by atoms with Crippen molar-refractivity contribution in [1.29, 1.82) is 0 Å². The molecule has 0 aliphatic heterocycles. The van der Waals surface area contributed by atoms with Crippen LogP contribution < -0.4 is 11.1 Å². The summed E-state index contributed by atoms with van der Waals surface area (Å²) in [6, 6.07) is 7.93. The smallest absolute Gasteiger partial charge is 0.227 e. The highest BCUT2D eigenvalue weighted by molar-refractivity contribution is 5.93. The second kappa shape index (κ2) is 6.40. The van der Waals surface area contributed by atoms with E-state index in [0.717, 1.165) is 12.1 Å². The normalized spacial score (nSPS) is 12.5. The third kappa shape index (κ3) is 3.86. The summed E-state index contributed by atoms with van der Waals surface area (Å²) in [4.78, 5) is 11.9. The minimum atomic E-state index is -0.0415. The standard InChI is InChI=1S/C14H22N2O/c1-10(2)12-6-4-5-7-13(12)16-14(17)11(3)8-9-15/h4-7,10-11H,8-9,15H2,1-3H3,(H,16,17). The SMILES string of the molecule is CC(CCN)C(=O)Nc1ccccc1C(C)C. The van der Waals surface area contributed by atoms with E-state index in [4.69, 9.17) is 5.73 Å². The lowest BCUT2D eigenvalue weighted by atomic mass is 10.0. The first-order valence-electron chi connectivity index (χ1n) is 6.16. The second-order valence-electron chi connectivity index (χ2n) is 4.71. The number of amides is 1. The molecule has 0 aliphatic carbocycles.